The Hall–Kier alpha value is -3.96. The molecule has 1 aliphatic rings. The number of thiophene rings is 1. The van der Waals surface area contributed by atoms with E-state index in [9.17, 15) is 10.1 Å². The minimum Gasteiger partial charge on any atom is -0.369 e. The lowest BCUT2D eigenvalue weighted by atomic mass is 9.77. The summed E-state index contributed by atoms with van der Waals surface area (Å²) in [6.07, 6.45) is 1.80. The van der Waals surface area contributed by atoms with Gasteiger partial charge in [0.2, 0.25) is 5.91 Å². The Labute approximate surface area is 195 Å². The van der Waals surface area contributed by atoms with Gasteiger partial charge in [-0.25, -0.2) is 4.99 Å². The van der Waals surface area contributed by atoms with E-state index in [-0.39, 0.29) is 11.9 Å². The van der Waals surface area contributed by atoms with Crippen LogP contribution in [0.15, 0.2) is 65.1 Å². The number of aromatic nitrogens is 2. The predicted octanol–water partition coefficient (Wildman–Crippen LogP) is 3.96. The van der Waals surface area contributed by atoms with E-state index in [1.54, 1.807) is 30.6 Å². The number of carbonyl (C=O) groups is 1. The van der Waals surface area contributed by atoms with Gasteiger partial charge in [0.25, 0.3) is 0 Å². The Morgan fingerprint density at radius 2 is 1.97 bits per heavy atom. The first-order chi connectivity index (χ1) is 15.8. The molecular formula is C25H22N6OS. The third kappa shape index (κ3) is 3.29. The smallest absolute Gasteiger partial charge is 0.239 e. The predicted molar refractivity (Wildman–Crippen MR) is 130 cm³/mol. The van der Waals surface area contributed by atoms with E-state index in [1.807, 2.05) is 66.5 Å². The number of guanidine groups is 1. The Morgan fingerprint density at radius 3 is 2.76 bits per heavy atom. The average molecular weight is 455 g/mol. The molecule has 0 bridgehead atoms. The van der Waals surface area contributed by atoms with Gasteiger partial charge in [-0.2, -0.15) is 10.4 Å². The number of aliphatic imine (C=N–C) groups is 1. The maximum Gasteiger partial charge on any atom is 0.239 e. The van der Waals surface area contributed by atoms with Crippen molar-refractivity contribution in [1.82, 2.24) is 14.7 Å². The van der Waals surface area contributed by atoms with Crippen LogP contribution in [0.3, 0.4) is 0 Å². The number of hydrogen-bond donors (Lipinski definition) is 1. The molecule has 2 N–H and O–H groups in total. The molecule has 1 aliphatic heterocycles. The Kier molecular flexibility index (Phi) is 4.80. The van der Waals surface area contributed by atoms with E-state index >= 15 is 0 Å². The van der Waals surface area contributed by atoms with Crippen molar-refractivity contribution in [3.8, 4) is 17.2 Å². The third-order valence-corrected chi connectivity index (χ3v) is 7.51. The molecule has 3 heterocycles. The zero-order valence-electron chi connectivity index (χ0n) is 18.5. The second kappa shape index (κ2) is 7.57. The fourth-order valence-electron chi connectivity index (χ4n) is 4.47. The highest BCUT2D eigenvalue weighted by atomic mass is 32.1. The van der Waals surface area contributed by atoms with Crippen molar-refractivity contribution < 1.29 is 4.79 Å². The molecule has 2 atom stereocenters. The molecular weight excluding hydrogens is 432 g/mol. The van der Waals surface area contributed by atoms with Crippen LogP contribution >= 0.6 is 11.3 Å². The van der Waals surface area contributed by atoms with Crippen LogP contribution in [-0.4, -0.2) is 33.6 Å². The first-order valence-corrected chi connectivity index (χ1v) is 11.3. The van der Waals surface area contributed by atoms with Gasteiger partial charge in [-0.05, 0) is 59.3 Å². The van der Waals surface area contributed by atoms with Crippen LogP contribution in [0.25, 0.3) is 22.0 Å². The summed E-state index contributed by atoms with van der Waals surface area (Å²) in [5.74, 6) is -0.450. The fourth-order valence-corrected chi connectivity index (χ4v) is 5.53. The molecule has 33 heavy (non-hydrogen) atoms. The van der Waals surface area contributed by atoms with Crippen LogP contribution in [0.5, 0.6) is 0 Å². The molecule has 164 valence electrons. The van der Waals surface area contributed by atoms with Gasteiger partial charge >= 0.3 is 0 Å². The first kappa shape index (κ1) is 20.9. The minimum atomic E-state index is -0.876. The summed E-state index contributed by atoms with van der Waals surface area (Å²) in [5, 5.41) is 16.6. The molecule has 5 rings (SSSR count). The van der Waals surface area contributed by atoms with E-state index in [0.717, 1.165) is 32.5 Å². The average Bonchev–Trinajstić information content (AvgIpc) is 3.45. The molecule has 7 nitrogen and oxygen atoms in total. The molecule has 2 aromatic carbocycles. The van der Waals surface area contributed by atoms with E-state index < -0.39 is 11.5 Å². The maximum absolute atomic E-state index is 13.5. The summed E-state index contributed by atoms with van der Waals surface area (Å²) < 4.78 is 1.81. The third-order valence-electron chi connectivity index (χ3n) is 6.36. The van der Waals surface area contributed by atoms with Crippen LogP contribution in [0.1, 0.15) is 28.8 Å². The van der Waals surface area contributed by atoms with E-state index in [4.69, 9.17) is 10.7 Å². The number of hydrogen-bond acceptors (Lipinski definition) is 6. The van der Waals surface area contributed by atoms with Crippen molar-refractivity contribution in [1.29, 1.82) is 5.26 Å². The second-order valence-corrected chi connectivity index (χ2v) is 9.34. The zero-order valence-corrected chi connectivity index (χ0v) is 19.3. The molecule has 1 amide bonds. The maximum atomic E-state index is 13.5. The SMILES string of the molecule is CN1C(=O)[C@@H](c2ccc3c(cnn3C)c2)[C@@](C)(c2cc(-c3cccc(C#N)c3)cs2)N=C1N. The van der Waals surface area contributed by atoms with Crippen molar-refractivity contribution in [3.05, 3.63) is 76.1 Å². The van der Waals surface area contributed by atoms with Crippen molar-refractivity contribution in [3.63, 3.8) is 0 Å². The van der Waals surface area contributed by atoms with Crippen molar-refractivity contribution >= 4 is 34.1 Å². The molecule has 0 saturated heterocycles. The highest BCUT2D eigenvalue weighted by molar-refractivity contribution is 7.10. The van der Waals surface area contributed by atoms with Gasteiger partial charge in [0.1, 0.15) is 5.54 Å². The number of aryl methyl sites for hydroxylation is 1. The fraction of sp³-hybridized carbons (Fsp3) is 0.200. The Morgan fingerprint density at radius 1 is 1.15 bits per heavy atom. The second-order valence-electron chi connectivity index (χ2n) is 8.43. The minimum absolute atomic E-state index is 0.102. The summed E-state index contributed by atoms with van der Waals surface area (Å²) in [6.45, 7) is 1.96. The van der Waals surface area contributed by atoms with Crippen molar-refractivity contribution in [2.75, 3.05) is 7.05 Å². The summed E-state index contributed by atoms with van der Waals surface area (Å²) >= 11 is 1.54. The molecule has 0 saturated carbocycles. The van der Waals surface area contributed by atoms with Gasteiger partial charge in [0, 0.05) is 24.4 Å². The number of nitrogens with two attached hydrogens (primary N) is 1. The number of nitriles is 1. The Balaban J connectivity index is 1.65. The number of carbonyl (C=O) groups excluding carboxylic acids is 1. The zero-order chi connectivity index (χ0) is 23.3. The monoisotopic (exact) mass is 454 g/mol. The standard InChI is InChI=1S/C25H22N6OS/c1-25(21-11-19(14-33-21)16-6-4-5-15(9-16)12-26)22(23(32)30(2)24(27)29-25)17-7-8-20-18(10-17)13-28-31(20)3/h4-11,13-14,22H,1-3H3,(H2,27,29)/t22-,25-/m1/s1. The molecule has 0 spiro atoms. The number of nitrogens with zero attached hydrogens (tertiary/aromatic N) is 5. The summed E-state index contributed by atoms with van der Waals surface area (Å²) in [7, 11) is 3.55. The largest absolute Gasteiger partial charge is 0.369 e. The van der Waals surface area contributed by atoms with Crippen molar-refractivity contribution in [2.24, 2.45) is 17.8 Å². The molecule has 0 radical (unpaired) electrons. The lowest BCUT2D eigenvalue weighted by Gasteiger charge is -2.40. The molecule has 0 aliphatic carbocycles. The molecule has 4 aromatic rings. The molecule has 0 fully saturated rings. The quantitative estimate of drug-likeness (QED) is 0.506. The van der Waals surface area contributed by atoms with Gasteiger partial charge in [-0.1, -0.05) is 18.2 Å². The Bertz CT molecular complexity index is 1480. The number of rotatable bonds is 3. The van der Waals surface area contributed by atoms with E-state index in [2.05, 4.69) is 11.2 Å². The highest BCUT2D eigenvalue weighted by Gasteiger charge is 2.48. The lowest BCUT2D eigenvalue weighted by Crippen LogP contribution is -2.52. The van der Waals surface area contributed by atoms with E-state index in [1.165, 1.54) is 4.90 Å². The highest BCUT2D eigenvalue weighted by Crippen LogP contribution is 2.47. The van der Waals surface area contributed by atoms with Crippen LogP contribution in [0, 0.1) is 11.3 Å². The number of likely N-dealkylation sites (N-methyl/N-ethyl adjacent to an activating group) is 1. The summed E-state index contributed by atoms with van der Waals surface area (Å²) in [4.78, 5) is 20.7. The first-order valence-electron chi connectivity index (χ1n) is 10.5. The topological polar surface area (TPSA) is 100 Å². The van der Waals surface area contributed by atoms with Gasteiger partial charge in [0.15, 0.2) is 5.96 Å². The van der Waals surface area contributed by atoms with Gasteiger partial charge < -0.3 is 5.73 Å². The lowest BCUT2D eigenvalue weighted by molar-refractivity contribution is -0.130. The summed E-state index contributed by atoms with van der Waals surface area (Å²) in [6, 6.07) is 17.7. The molecule has 8 heteroatoms. The molecule has 2 aromatic heterocycles. The van der Waals surface area contributed by atoms with Gasteiger partial charge in [-0.3, -0.25) is 14.4 Å². The summed E-state index contributed by atoms with van der Waals surface area (Å²) in [5.41, 5.74) is 9.70. The van der Waals surface area contributed by atoms with E-state index in [0.29, 0.717) is 5.56 Å². The van der Waals surface area contributed by atoms with Crippen LogP contribution in [0.2, 0.25) is 0 Å². The number of benzene rings is 2. The number of amides is 1. The normalized spacial score (nSPS) is 20.7. The van der Waals surface area contributed by atoms with Crippen LogP contribution < -0.4 is 5.73 Å². The van der Waals surface area contributed by atoms with Crippen LogP contribution in [-0.2, 0) is 17.4 Å². The van der Waals surface area contributed by atoms with Crippen molar-refractivity contribution in [2.45, 2.75) is 18.4 Å². The van der Waals surface area contributed by atoms with Gasteiger partial charge in [-0.15, -0.1) is 11.3 Å². The van der Waals surface area contributed by atoms with Crippen LogP contribution in [0.4, 0.5) is 0 Å². The number of fused-ring (bicyclic) bond motifs is 1. The van der Waals surface area contributed by atoms with Gasteiger partial charge in [0.05, 0.1) is 29.3 Å². The molecule has 0 unspecified atom stereocenters.